The number of hydrogen-bond donors (Lipinski definition) is 1. The Labute approximate surface area is 94.4 Å². The van der Waals surface area contributed by atoms with Crippen molar-refractivity contribution in [1.82, 2.24) is 10.2 Å². The van der Waals surface area contributed by atoms with E-state index in [0.717, 1.165) is 38.5 Å². The van der Waals surface area contributed by atoms with Crippen LogP contribution in [0.4, 0.5) is 0 Å². The van der Waals surface area contributed by atoms with Crippen LogP contribution in [0, 0.1) is 0 Å². The van der Waals surface area contributed by atoms with Crippen molar-refractivity contribution in [2.24, 2.45) is 0 Å². The van der Waals surface area contributed by atoms with Gasteiger partial charge in [-0.15, -0.1) is 0 Å². The third kappa shape index (κ3) is 2.62. The van der Waals surface area contributed by atoms with E-state index in [1.54, 1.807) is 6.07 Å². The Bertz CT molecular complexity index is 356. The number of ether oxygens (including phenoxy) is 1. The standard InChI is InChI=1S/C11H16N2O3/c1-15-11(14)10-3-2-9(16-10)8-13-6-4-12-5-7-13/h2-3,12H,4-8H2,1H3. The summed E-state index contributed by atoms with van der Waals surface area (Å²) in [5, 5.41) is 3.29. The largest absolute Gasteiger partial charge is 0.463 e. The zero-order chi connectivity index (χ0) is 11.4. The van der Waals surface area contributed by atoms with Gasteiger partial charge < -0.3 is 14.5 Å². The third-order valence-electron chi connectivity index (χ3n) is 2.64. The van der Waals surface area contributed by atoms with Crippen molar-refractivity contribution in [2.75, 3.05) is 33.3 Å². The highest BCUT2D eigenvalue weighted by atomic mass is 16.5. The van der Waals surface area contributed by atoms with Crippen LogP contribution in [0.5, 0.6) is 0 Å². The van der Waals surface area contributed by atoms with Crippen molar-refractivity contribution in [3.05, 3.63) is 23.7 Å². The third-order valence-corrected chi connectivity index (χ3v) is 2.64. The minimum absolute atomic E-state index is 0.271. The fourth-order valence-corrected chi connectivity index (χ4v) is 1.76. The molecule has 0 unspecified atom stereocenters. The Hall–Kier alpha value is -1.33. The number of nitrogens with one attached hydrogen (secondary N) is 1. The number of methoxy groups -OCH3 is 1. The molecule has 2 rings (SSSR count). The van der Waals surface area contributed by atoms with Crippen LogP contribution in [0.1, 0.15) is 16.3 Å². The van der Waals surface area contributed by atoms with Crippen molar-refractivity contribution in [2.45, 2.75) is 6.54 Å². The van der Waals surface area contributed by atoms with Gasteiger partial charge >= 0.3 is 5.97 Å². The predicted molar refractivity (Wildman–Crippen MR) is 58.2 cm³/mol. The van der Waals surface area contributed by atoms with E-state index in [0.29, 0.717) is 0 Å². The number of hydrogen-bond acceptors (Lipinski definition) is 5. The first-order valence-corrected chi connectivity index (χ1v) is 5.39. The van der Waals surface area contributed by atoms with E-state index in [-0.39, 0.29) is 5.76 Å². The van der Waals surface area contributed by atoms with Crippen molar-refractivity contribution >= 4 is 5.97 Å². The molecule has 1 aromatic rings. The van der Waals surface area contributed by atoms with Gasteiger partial charge in [0.2, 0.25) is 5.76 Å². The minimum Gasteiger partial charge on any atom is -0.463 e. The first-order valence-electron chi connectivity index (χ1n) is 5.39. The average Bonchev–Trinajstić information content (AvgIpc) is 2.78. The van der Waals surface area contributed by atoms with E-state index in [1.165, 1.54) is 7.11 Å². The summed E-state index contributed by atoms with van der Waals surface area (Å²) in [7, 11) is 1.35. The van der Waals surface area contributed by atoms with E-state index in [4.69, 9.17) is 4.42 Å². The molecule has 0 aliphatic carbocycles. The van der Waals surface area contributed by atoms with Crippen LogP contribution in [0.2, 0.25) is 0 Å². The summed E-state index contributed by atoms with van der Waals surface area (Å²) in [5.74, 6) is 0.654. The van der Waals surface area contributed by atoms with Gasteiger partial charge in [-0.1, -0.05) is 0 Å². The highest BCUT2D eigenvalue weighted by Gasteiger charge is 2.14. The molecule has 0 radical (unpaired) electrons. The molecule has 0 spiro atoms. The maximum atomic E-state index is 11.2. The lowest BCUT2D eigenvalue weighted by atomic mass is 10.3. The summed E-state index contributed by atoms with van der Waals surface area (Å²) in [6.45, 7) is 4.77. The lowest BCUT2D eigenvalue weighted by molar-refractivity contribution is 0.0561. The van der Waals surface area contributed by atoms with Crippen molar-refractivity contribution < 1.29 is 13.9 Å². The SMILES string of the molecule is COC(=O)c1ccc(CN2CCNCC2)o1. The molecule has 1 N–H and O–H groups in total. The van der Waals surface area contributed by atoms with Gasteiger partial charge in [0, 0.05) is 26.2 Å². The van der Waals surface area contributed by atoms with Crippen LogP contribution in [-0.4, -0.2) is 44.2 Å². The Kier molecular flexibility index (Phi) is 3.58. The topological polar surface area (TPSA) is 54.7 Å². The van der Waals surface area contributed by atoms with Gasteiger partial charge in [-0.3, -0.25) is 4.90 Å². The molecule has 1 fully saturated rings. The predicted octanol–water partition coefficient (Wildman–Crippen LogP) is 0.471. The number of rotatable bonds is 3. The van der Waals surface area contributed by atoms with Crippen LogP contribution in [-0.2, 0) is 11.3 Å². The van der Waals surface area contributed by atoms with E-state index >= 15 is 0 Å². The van der Waals surface area contributed by atoms with E-state index in [9.17, 15) is 4.79 Å². The van der Waals surface area contributed by atoms with Gasteiger partial charge in [0.1, 0.15) is 5.76 Å². The van der Waals surface area contributed by atoms with Crippen LogP contribution >= 0.6 is 0 Å². The lowest BCUT2D eigenvalue weighted by Gasteiger charge is -2.26. The van der Waals surface area contributed by atoms with Crippen molar-refractivity contribution in [3.63, 3.8) is 0 Å². The summed E-state index contributed by atoms with van der Waals surface area (Å²) >= 11 is 0. The number of piperazine rings is 1. The molecule has 0 amide bonds. The molecule has 88 valence electrons. The molecule has 1 aliphatic heterocycles. The second kappa shape index (κ2) is 5.14. The molecule has 1 saturated heterocycles. The van der Waals surface area contributed by atoms with Gasteiger partial charge in [0.05, 0.1) is 13.7 Å². The van der Waals surface area contributed by atoms with Gasteiger partial charge in [-0.05, 0) is 12.1 Å². The molecule has 5 nitrogen and oxygen atoms in total. The molecular weight excluding hydrogens is 208 g/mol. The second-order valence-electron chi connectivity index (χ2n) is 3.78. The maximum Gasteiger partial charge on any atom is 0.373 e. The number of nitrogens with zero attached hydrogens (tertiary/aromatic N) is 1. The molecule has 1 aromatic heterocycles. The molecular formula is C11H16N2O3. The minimum atomic E-state index is -0.424. The summed E-state index contributed by atoms with van der Waals surface area (Å²) < 4.78 is 9.99. The highest BCUT2D eigenvalue weighted by Crippen LogP contribution is 2.11. The van der Waals surface area contributed by atoms with Gasteiger partial charge in [0.25, 0.3) is 0 Å². The average molecular weight is 224 g/mol. The summed E-state index contributed by atoms with van der Waals surface area (Å²) in [6.07, 6.45) is 0. The van der Waals surface area contributed by atoms with Crippen LogP contribution in [0.3, 0.4) is 0 Å². The monoisotopic (exact) mass is 224 g/mol. The number of carbonyl (C=O) groups excluding carboxylic acids is 1. The molecule has 0 saturated carbocycles. The molecule has 2 heterocycles. The van der Waals surface area contributed by atoms with Gasteiger partial charge in [0.15, 0.2) is 0 Å². The molecule has 0 aromatic carbocycles. The number of furan rings is 1. The molecule has 0 bridgehead atoms. The Morgan fingerprint density at radius 3 is 2.94 bits per heavy atom. The van der Waals surface area contributed by atoms with Gasteiger partial charge in [-0.2, -0.15) is 0 Å². The quantitative estimate of drug-likeness (QED) is 0.756. The highest BCUT2D eigenvalue weighted by molar-refractivity contribution is 5.86. The molecule has 5 heteroatoms. The van der Waals surface area contributed by atoms with E-state index in [1.807, 2.05) is 6.07 Å². The van der Waals surface area contributed by atoms with E-state index in [2.05, 4.69) is 15.0 Å². The Balaban J connectivity index is 1.94. The van der Waals surface area contributed by atoms with Crippen molar-refractivity contribution in [3.8, 4) is 0 Å². The first kappa shape index (κ1) is 11.2. The summed E-state index contributed by atoms with van der Waals surface area (Å²) in [5.41, 5.74) is 0. The van der Waals surface area contributed by atoms with E-state index < -0.39 is 5.97 Å². The fraction of sp³-hybridized carbons (Fsp3) is 0.545. The number of carbonyl (C=O) groups is 1. The van der Waals surface area contributed by atoms with Crippen LogP contribution < -0.4 is 5.32 Å². The second-order valence-corrected chi connectivity index (χ2v) is 3.78. The molecule has 1 aliphatic rings. The maximum absolute atomic E-state index is 11.2. The first-order chi connectivity index (χ1) is 7.79. The molecule has 0 atom stereocenters. The fourth-order valence-electron chi connectivity index (χ4n) is 1.76. The van der Waals surface area contributed by atoms with Crippen LogP contribution in [0.15, 0.2) is 16.5 Å². The summed E-state index contributed by atoms with van der Waals surface area (Å²) in [6, 6.07) is 3.48. The summed E-state index contributed by atoms with van der Waals surface area (Å²) in [4.78, 5) is 13.5. The molecule has 16 heavy (non-hydrogen) atoms. The normalized spacial score (nSPS) is 17.3. The lowest BCUT2D eigenvalue weighted by Crippen LogP contribution is -2.42. The Morgan fingerprint density at radius 1 is 1.50 bits per heavy atom. The zero-order valence-electron chi connectivity index (χ0n) is 9.36. The van der Waals surface area contributed by atoms with Gasteiger partial charge in [-0.25, -0.2) is 4.79 Å². The zero-order valence-corrected chi connectivity index (χ0v) is 9.36. The smallest absolute Gasteiger partial charge is 0.373 e. The Morgan fingerprint density at radius 2 is 2.25 bits per heavy atom. The number of esters is 1. The van der Waals surface area contributed by atoms with Crippen molar-refractivity contribution in [1.29, 1.82) is 0 Å². The van der Waals surface area contributed by atoms with Crippen LogP contribution in [0.25, 0.3) is 0 Å².